The first-order valence-corrected chi connectivity index (χ1v) is 13.6. The van der Waals surface area contributed by atoms with Crippen molar-refractivity contribution >= 4 is 35.4 Å². The Bertz CT molecular complexity index is 1030. The van der Waals surface area contributed by atoms with Crippen LogP contribution in [0.15, 0.2) is 48.5 Å². The van der Waals surface area contributed by atoms with E-state index in [1.807, 2.05) is 75.6 Å². The van der Waals surface area contributed by atoms with Gasteiger partial charge in [-0.2, -0.15) is 11.8 Å². The molecule has 0 spiro atoms. The van der Waals surface area contributed by atoms with Crippen molar-refractivity contribution in [2.45, 2.75) is 65.6 Å². The van der Waals surface area contributed by atoms with Gasteiger partial charge in [-0.15, -0.1) is 0 Å². The van der Waals surface area contributed by atoms with Crippen LogP contribution in [0.4, 0.5) is 10.5 Å². The summed E-state index contributed by atoms with van der Waals surface area (Å²) in [4.78, 5) is 41.6. The van der Waals surface area contributed by atoms with Gasteiger partial charge in [0.1, 0.15) is 17.7 Å². The minimum absolute atomic E-state index is 0.282. The maximum Gasteiger partial charge on any atom is 0.408 e. The molecule has 196 valence electrons. The van der Waals surface area contributed by atoms with Gasteiger partial charge < -0.3 is 20.3 Å². The molecule has 8 heteroatoms. The van der Waals surface area contributed by atoms with Gasteiger partial charge in [-0.3, -0.25) is 9.59 Å². The number of hydrogen-bond donors (Lipinski definition) is 2. The number of benzene rings is 2. The number of hydrogen-bond acceptors (Lipinski definition) is 5. The highest BCUT2D eigenvalue weighted by molar-refractivity contribution is 7.98. The molecule has 0 aliphatic rings. The highest BCUT2D eigenvalue weighted by Gasteiger charge is 2.35. The molecule has 2 rings (SSSR count). The molecule has 2 atom stereocenters. The van der Waals surface area contributed by atoms with E-state index in [0.29, 0.717) is 23.4 Å². The van der Waals surface area contributed by atoms with Gasteiger partial charge >= 0.3 is 6.09 Å². The minimum atomic E-state index is -0.875. The maximum absolute atomic E-state index is 13.9. The molecule has 2 aromatic rings. The average molecular weight is 514 g/mol. The SMILES string of the molecule is CCN(C(=O)C(CCSC)NC(=O)OC(C)(C)C)C(C(=O)Nc1ccccc1C)c1ccc(C)cc1. The number of nitrogens with zero attached hydrogens (tertiary/aromatic N) is 1. The van der Waals surface area contributed by atoms with Gasteiger partial charge in [0.15, 0.2) is 0 Å². The third kappa shape index (κ3) is 8.59. The zero-order valence-electron chi connectivity index (χ0n) is 22.4. The average Bonchev–Trinajstić information content (AvgIpc) is 2.80. The number of ether oxygens (including phenoxy) is 1. The number of rotatable bonds is 10. The predicted octanol–water partition coefficient (Wildman–Crippen LogP) is 5.48. The summed E-state index contributed by atoms with van der Waals surface area (Å²) in [7, 11) is 0. The Morgan fingerprint density at radius 2 is 1.67 bits per heavy atom. The van der Waals surface area contributed by atoms with Crippen LogP contribution in [0.3, 0.4) is 0 Å². The zero-order chi connectivity index (χ0) is 26.9. The largest absolute Gasteiger partial charge is 0.444 e. The predicted molar refractivity (Wildman–Crippen MR) is 147 cm³/mol. The Labute approximate surface area is 219 Å². The summed E-state index contributed by atoms with van der Waals surface area (Å²) in [6.45, 7) is 11.3. The molecule has 36 heavy (non-hydrogen) atoms. The van der Waals surface area contributed by atoms with E-state index in [1.54, 1.807) is 32.5 Å². The zero-order valence-corrected chi connectivity index (χ0v) is 23.2. The first-order valence-electron chi connectivity index (χ1n) is 12.2. The molecule has 2 aromatic carbocycles. The number of carbonyl (C=O) groups is 3. The molecule has 0 aromatic heterocycles. The van der Waals surface area contributed by atoms with Crippen molar-refractivity contribution in [3.05, 3.63) is 65.2 Å². The summed E-state index contributed by atoms with van der Waals surface area (Å²) in [6, 6.07) is 13.4. The summed E-state index contributed by atoms with van der Waals surface area (Å²) in [6.07, 6.45) is 1.70. The van der Waals surface area contributed by atoms with E-state index in [2.05, 4.69) is 10.6 Å². The maximum atomic E-state index is 13.9. The number of aryl methyl sites for hydroxylation is 2. The molecule has 2 unspecified atom stereocenters. The molecule has 7 nitrogen and oxygen atoms in total. The van der Waals surface area contributed by atoms with Crippen LogP contribution in [0.5, 0.6) is 0 Å². The number of amides is 3. The second kappa shape index (κ2) is 13.3. The van der Waals surface area contributed by atoms with Crippen molar-refractivity contribution in [1.82, 2.24) is 10.2 Å². The summed E-state index contributed by atoms with van der Waals surface area (Å²) in [5, 5.41) is 5.74. The lowest BCUT2D eigenvalue weighted by Gasteiger charge is -2.34. The monoisotopic (exact) mass is 513 g/mol. The lowest BCUT2D eigenvalue weighted by molar-refractivity contribution is -0.140. The minimum Gasteiger partial charge on any atom is -0.444 e. The van der Waals surface area contributed by atoms with Crippen LogP contribution in [0, 0.1) is 13.8 Å². The molecular formula is C28H39N3O4S. The molecule has 3 amide bonds. The Morgan fingerprint density at radius 3 is 2.22 bits per heavy atom. The number of likely N-dealkylation sites (N-methyl/N-ethyl adjacent to an activating group) is 1. The number of para-hydroxylation sites is 1. The van der Waals surface area contributed by atoms with Crippen LogP contribution in [0.1, 0.15) is 56.8 Å². The van der Waals surface area contributed by atoms with Crippen LogP contribution in [0.25, 0.3) is 0 Å². The third-order valence-electron chi connectivity index (χ3n) is 5.58. The first kappa shape index (κ1) is 29.2. The normalized spacial score (nSPS) is 12.9. The van der Waals surface area contributed by atoms with Gasteiger partial charge in [-0.25, -0.2) is 4.79 Å². The van der Waals surface area contributed by atoms with Crippen LogP contribution in [0.2, 0.25) is 0 Å². The Morgan fingerprint density at radius 1 is 1.03 bits per heavy atom. The smallest absolute Gasteiger partial charge is 0.408 e. The topological polar surface area (TPSA) is 87.7 Å². The molecule has 0 aliphatic carbocycles. The van der Waals surface area contributed by atoms with E-state index >= 15 is 0 Å². The molecule has 0 bridgehead atoms. The lowest BCUT2D eigenvalue weighted by Crippen LogP contribution is -2.52. The van der Waals surface area contributed by atoms with Crippen molar-refractivity contribution in [1.29, 1.82) is 0 Å². The van der Waals surface area contributed by atoms with Crippen molar-refractivity contribution in [2.24, 2.45) is 0 Å². The highest BCUT2D eigenvalue weighted by Crippen LogP contribution is 2.26. The molecule has 0 saturated heterocycles. The van der Waals surface area contributed by atoms with Crippen molar-refractivity contribution in [3.8, 4) is 0 Å². The summed E-state index contributed by atoms with van der Waals surface area (Å²) < 4.78 is 5.40. The Kier molecular flexibility index (Phi) is 10.8. The van der Waals surface area contributed by atoms with Crippen molar-refractivity contribution in [3.63, 3.8) is 0 Å². The van der Waals surface area contributed by atoms with Crippen LogP contribution in [-0.4, -0.2) is 53.0 Å². The Hall–Kier alpha value is -3.00. The van der Waals surface area contributed by atoms with Gasteiger partial charge in [0.25, 0.3) is 5.91 Å². The van der Waals surface area contributed by atoms with Crippen LogP contribution in [-0.2, 0) is 14.3 Å². The van der Waals surface area contributed by atoms with Crippen LogP contribution >= 0.6 is 11.8 Å². The van der Waals surface area contributed by atoms with Gasteiger partial charge in [-0.1, -0.05) is 48.0 Å². The molecule has 0 fully saturated rings. The quantitative estimate of drug-likeness (QED) is 0.439. The molecule has 0 aliphatic heterocycles. The van der Waals surface area contributed by atoms with E-state index < -0.39 is 23.8 Å². The van der Waals surface area contributed by atoms with Crippen LogP contribution < -0.4 is 10.6 Å². The number of carbonyl (C=O) groups excluding carboxylic acids is 3. The second-order valence-electron chi connectivity index (χ2n) is 9.72. The summed E-state index contributed by atoms with van der Waals surface area (Å²) >= 11 is 1.58. The highest BCUT2D eigenvalue weighted by atomic mass is 32.2. The fraction of sp³-hybridized carbons (Fsp3) is 0.464. The number of alkyl carbamates (subject to hydrolysis) is 1. The van der Waals surface area contributed by atoms with E-state index in [1.165, 1.54) is 4.90 Å². The van der Waals surface area contributed by atoms with Gasteiger partial charge in [0, 0.05) is 12.2 Å². The van der Waals surface area contributed by atoms with E-state index in [4.69, 9.17) is 4.74 Å². The molecule has 0 radical (unpaired) electrons. The van der Waals surface area contributed by atoms with Crippen molar-refractivity contribution < 1.29 is 19.1 Å². The third-order valence-corrected chi connectivity index (χ3v) is 6.22. The number of anilines is 1. The first-order chi connectivity index (χ1) is 17.0. The standard InChI is InChI=1S/C28H39N3O4S/c1-8-31(26(33)23(17-18-36-7)30-27(34)35-28(4,5)6)24(21-15-13-19(2)14-16-21)25(32)29-22-12-10-9-11-20(22)3/h9-16,23-24H,8,17-18H2,1-7H3,(H,29,32)(H,30,34). The number of nitrogens with one attached hydrogen (secondary N) is 2. The molecule has 0 heterocycles. The summed E-state index contributed by atoms with van der Waals surface area (Å²) in [5.41, 5.74) is 2.67. The second-order valence-corrected chi connectivity index (χ2v) is 10.7. The van der Waals surface area contributed by atoms with E-state index in [0.717, 1.165) is 11.1 Å². The molecular weight excluding hydrogens is 474 g/mol. The Balaban J connectivity index is 2.42. The number of thioether (sulfide) groups is 1. The fourth-order valence-electron chi connectivity index (χ4n) is 3.74. The van der Waals surface area contributed by atoms with Crippen molar-refractivity contribution in [2.75, 3.05) is 23.9 Å². The lowest BCUT2D eigenvalue weighted by atomic mass is 10.0. The molecule has 0 saturated carbocycles. The fourth-order valence-corrected chi connectivity index (χ4v) is 4.22. The van der Waals surface area contributed by atoms with Gasteiger partial charge in [0.05, 0.1) is 0 Å². The summed E-state index contributed by atoms with van der Waals surface area (Å²) in [5.74, 6) is 0.0149. The van der Waals surface area contributed by atoms with Gasteiger partial charge in [-0.05, 0) is 77.2 Å². The van der Waals surface area contributed by atoms with Gasteiger partial charge in [0.2, 0.25) is 5.91 Å². The van der Waals surface area contributed by atoms with E-state index in [9.17, 15) is 14.4 Å². The molecule has 2 N–H and O–H groups in total. The van der Waals surface area contributed by atoms with E-state index in [-0.39, 0.29) is 18.4 Å².